The molecule has 0 bridgehead atoms. The van der Waals surface area contributed by atoms with Crippen molar-refractivity contribution in [2.75, 3.05) is 5.32 Å². The number of nitrogens with zero attached hydrogens (tertiary/aromatic N) is 3. The molecule has 1 aliphatic rings. The Kier molecular flexibility index (Phi) is 4.61. The molecule has 0 aliphatic heterocycles. The molecule has 1 aliphatic carbocycles. The van der Waals surface area contributed by atoms with Crippen molar-refractivity contribution in [2.45, 2.75) is 31.4 Å². The van der Waals surface area contributed by atoms with Crippen molar-refractivity contribution in [3.63, 3.8) is 0 Å². The highest BCUT2D eigenvalue weighted by atomic mass is 16.5. The third-order valence-electron chi connectivity index (χ3n) is 4.58. The third kappa shape index (κ3) is 3.15. The predicted molar refractivity (Wildman–Crippen MR) is 93.8 cm³/mol. The van der Waals surface area contributed by atoms with E-state index in [1.54, 1.807) is 7.05 Å². The Balaban J connectivity index is 1.90. The fourth-order valence-electron chi connectivity index (χ4n) is 3.20. The summed E-state index contributed by atoms with van der Waals surface area (Å²) in [6.45, 7) is 0. The zero-order valence-electron chi connectivity index (χ0n) is 14.2. The van der Waals surface area contributed by atoms with Crippen LogP contribution in [0.5, 0.6) is 5.75 Å². The van der Waals surface area contributed by atoms with Gasteiger partial charge >= 0.3 is 5.69 Å². The summed E-state index contributed by atoms with van der Waals surface area (Å²) in [5.74, 6) is 1.03. The normalized spacial score (nSPS) is 19.4. The fraction of sp³-hybridized carbons (Fsp3) is 0.389. The summed E-state index contributed by atoms with van der Waals surface area (Å²) < 4.78 is 8.29. The van der Waals surface area contributed by atoms with E-state index in [4.69, 9.17) is 4.74 Å². The van der Waals surface area contributed by atoms with Gasteiger partial charge in [0, 0.05) is 14.1 Å². The van der Waals surface area contributed by atoms with Gasteiger partial charge in [-0.2, -0.15) is 5.26 Å². The Labute approximate surface area is 145 Å². The Bertz CT molecular complexity index is 924. The van der Waals surface area contributed by atoms with Crippen molar-refractivity contribution in [1.29, 1.82) is 5.26 Å². The van der Waals surface area contributed by atoms with Gasteiger partial charge < -0.3 is 10.1 Å². The van der Waals surface area contributed by atoms with E-state index in [0.29, 0.717) is 0 Å². The maximum atomic E-state index is 12.2. The highest BCUT2D eigenvalue weighted by Crippen LogP contribution is 2.27. The fourth-order valence-corrected chi connectivity index (χ4v) is 3.20. The number of nitrogens with one attached hydrogen (secondary N) is 1. The quantitative estimate of drug-likeness (QED) is 0.908. The first-order valence-electron chi connectivity index (χ1n) is 8.21. The molecule has 0 saturated heterocycles. The van der Waals surface area contributed by atoms with Gasteiger partial charge in [0.1, 0.15) is 23.7 Å². The van der Waals surface area contributed by atoms with Crippen LogP contribution in [0.25, 0.3) is 0 Å². The molecule has 1 aromatic heterocycles. The van der Waals surface area contributed by atoms with Gasteiger partial charge in [0.25, 0.3) is 5.56 Å². The number of aromatic nitrogens is 2. The molecule has 130 valence electrons. The number of nitriles is 1. The Morgan fingerprint density at radius 1 is 1.16 bits per heavy atom. The molecule has 2 atom stereocenters. The lowest BCUT2D eigenvalue weighted by Crippen LogP contribution is -2.42. The van der Waals surface area contributed by atoms with E-state index >= 15 is 0 Å². The second-order valence-corrected chi connectivity index (χ2v) is 6.19. The zero-order valence-corrected chi connectivity index (χ0v) is 14.2. The van der Waals surface area contributed by atoms with Crippen LogP contribution in [0, 0.1) is 11.3 Å². The maximum Gasteiger partial charge on any atom is 0.332 e. The molecule has 1 N–H and O–H groups in total. The van der Waals surface area contributed by atoms with Gasteiger partial charge in [0.2, 0.25) is 0 Å². The first kappa shape index (κ1) is 16.8. The predicted octanol–water partition coefficient (Wildman–Crippen LogP) is 1.37. The van der Waals surface area contributed by atoms with Crippen molar-refractivity contribution in [2.24, 2.45) is 14.1 Å². The lowest BCUT2D eigenvalue weighted by molar-refractivity contribution is 0.198. The summed E-state index contributed by atoms with van der Waals surface area (Å²) in [5.41, 5.74) is -1.12. The van der Waals surface area contributed by atoms with Crippen molar-refractivity contribution < 1.29 is 4.74 Å². The van der Waals surface area contributed by atoms with Crippen molar-refractivity contribution in [3.8, 4) is 11.8 Å². The van der Waals surface area contributed by atoms with Crippen LogP contribution in [-0.2, 0) is 14.1 Å². The summed E-state index contributed by atoms with van der Waals surface area (Å²) in [4.78, 5) is 24.4. The lowest BCUT2D eigenvalue weighted by atomic mass is 10.2. The van der Waals surface area contributed by atoms with Crippen LogP contribution in [0.1, 0.15) is 24.8 Å². The molecule has 1 aromatic carbocycles. The minimum atomic E-state index is -0.591. The Morgan fingerprint density at radius 2 is 1.88 bits per heavy atom. The van der Waals surface area contributed by atoms with Crippen LogP contribution in [0.3, 0.4) is 0 Å². The van der Waals surface area contributed by atoms with Crippen LogP contribution in [-0.4, -0.2) is 21.3 Å². The minimum Gasteiger partial charge on any atom is -0.488 e. The largest absolute Gasteiger partial charge is 0.488 e. The number of para-hydroxylation sites is 1. The smallest absolute Gasteiger partial charge is 0.332 e. The number of hydrogen-bond acceptors (Lipinski definition) is 5. The summed E-state index contributed by atoms with van der Waals surface area (Å²) in [6, 6.07) is 11.4. The van der Waals surface area contributed by atoms with Crippen LogP contribution in [0.15, 0.2) is 39.9 Å². The highest BCUT2D eigenvalue weighted by molar-refractivity contribution is 5.52. The molecular weight excluding hydrogens is 320 g/mol. The average Bonchev–Trinajstić information content (AvgIpc) is 3.06. The van der Waals surface area contributed by atoms with Gasteiger partial charge in [-0.3, -0.25) is 13.9 Å². The lowest BCUT2D eigenvalue weighted by Gasteiger charge is -2.24. The number of hydrogen-bond donors (Lipinski definition) is 1. The van der Waals surface area contributed by atoms with Crippen molar-refractivity contribution >= 4 is 5.82 Å². The van der Waals surface area contributed by atoms with E-state index in [2.05, 4.69) is 5.32 Å². The van der Waals surface area contributed by atoms with E-state index in [-0.39, 0.29) is 23.5 Å². The molecule has 0 radical (unpaired) electrons. The van der Waals surface area contributed by atoms with Crippen LogP contribution >= 0.6 is 0 Å². The SMILES string of the molecule is Cn1c(NC2CCCC2Oc2ccccc2)c(C#N)c(=O)n(C)c1=O. The van der Waals surface area contributed by atoms with E-state index < -0.39 is 11.2 Å². The second-order valence-electron chi connectivity index (χ2n) is 6.19. The molecule has 3 rings (SSSR count). The Morgan fingerprint density at radius 3 is 2.56 bits per heavy atom. The van der Waals surface area contributed by atoms with Gasteiger partial charge in [-0.1, -0.05) is 18.2 Å². The topological polar surface area (TPSA) is 89.1 Å². The van der Waals surface area contributed by atoms with Gasteiger partial charge in [0.15, 0.2) is 5.56 Å². The summed E-state index contributed by atoms with van der Waals surface area (Å²) in [5, 5.41) is 12.6. The molecule has 25 heavy (non-hydrogen) atoms. The Hall–Kier alpha value is -3.01. The first-order chi connectivity index (χ1) is 12.0. The maximum absolute atomic E-state index is 12.2. The molecule has 2 aromatic rings. The molecule has 1 fully saturated rings. The second kappa shape index (κ2) is 6.85. The molecule has 7 nitrogen and oxygen atoms in total. The summed E-state index contributed by atoms with van der Waals surface area (Å²) in [7, 11) is 2.92. The standard InChI is InChI=1S/C18H20N4O3/c1-21-16(13(11-19)17(23)22(2)18(21)24)20-14-9-6-10-15(14)25-12-7-4-3-5-8-12/h3-5,7-8,14-15,20H,6,9-10H2,1-2H3. The number of rotatable bonds is 4. The monoisotopic (exact) mass is 340 g/mol. The first-order valence-corrected chi connectivity index (χ1v) is 8.21. The number of benzene rings is 1. The van der Waals surface area contributed by atoms with Gasteiger partial charge in [0.05, 0.1) is 6.04 Å². The third-order valence-corrected chi connectivity index (χ3v) is 4.58. The van der Waals surface area contributed by atoms with Crippen molar-refractivity contribution in [3.05, 3.63) is 56.7 Å². The van der Waals surface area contributed by atoms with Crippen LogP contribution in [0.2, 0.25) is 0 Å². The van der Waals surface area contributed by atoms with E-state index in [0.717, 1.165) is 29.6 Å². The highest BCUT2D eigenvalue weighted by Gasteiger charge is 2.31. The molecule has 0 spiro atoms. The van der Waals surface area contributed by atoms with Crippen molar-refractivity contribution in [1.82, 2.24) is 9.13 Å². The molecule has 2 unspecified atom stereocenters. The minimum absolute atomic E-state index is 0.0602. The van der Waals surface area contributed by atoms with Crippen LogP contribution < -0.4 is 21.3 Å². The van der Waals surface area contributed by atoms with Gasteiger partial charge in [-0.05, 0) is 31.4 Å². The van der Waals surface area contributed by atoms with Crippen LogP contribution in [0.4, 0.5) is 5.82 Å². The molecule has 7 heteroatoms. The average molecular weight is 340 g/mol. The number of anilines is 1. The van der Waals surface area contributed by atoms with E-state index in [1.807, 2.05) is 36.4 Å². The van der Waals surface area contributed by atoms with E-state index in [1.165, 1.54) is 11.6 Å². The molecule has 1 heterocycles. The number of ether oxygens (including phenoxy) is 1. The molecular formula is C18H20N4O3. The molecule has 0 amide bonds. The van der Waals surface area contributed by atoms with E-state index in [9.17, 15) is 14.9 Å². The summed E-state index contributed by atoms with van der Waals surface area (Å²) in [6.07, 6.45) is 2.59. The summed E-state index contributed by atoms with van der Waals surface area (Å²) >= 11 is 0. The van der Waals surface area contributed by atoms with Gasteiger partial charge in [-0.15, -0.1) is 0 Å². The van der Waals surface area contributed by atoms with Gasteiger partial charge in [-0.25, -0.2) is 4.79 Å². The zero-order chi connectivity index (χ0) is 18.0. The molecule has 1 saturated carbocycles.